The standard InChI is InChI=1S/C12H18ClN5O2/c1-20-8-6-17-12(19)18(11(14)15)7-4-10-9(13)3-2-5-16-10/h2-3,5H,4,6-8H2,1H3,(H3,14,15)(H,17,19). The molecule has 4 N–H and O–H groups in total. The summed E-state index contributed by atoms with van der Waals surface area (Å²) in [4.78, 5) is 17.1. The van der Waals surface area contributed by atoms with Crippen LogP contribution in [0.3, 0.4) is 0 Å². The second-order valence-electron chi connectivity index (χ2n) is 3.94. The lowest BCUT2D eigenvalue weighted by Gasteiger charge is -2.21. The molecule has 1 aromatic heterocycles. The van der Waals surface area contributed by atoms with E-state index >= 15 is 0 Å². The minimum atomic E-state index is -0.443. The zero-order valence-electron chi connectivity index (χ0n) is 11.2. The van der Waals surface area contributed by atoms with Gasteiger partial charge in [0.15, 0.2) is 5.96 Å². The number of guanidine groups is 1. The molecule has 0 radical (unpaired) electrons. The minimum Gasteiger partial charge on any atom is -0.383 e. The predicted octanol–water partition coefficient (Wildman–Crippen LogP) is 0.829. The predicted molar refractivity (Wildman–Crippen MR) is 76.8 cm³/mol. The Hall–Kier alpha value is -1.86. The Morgan fingerprint density at radius 3 is 3.00 bits per heavy atom. The van der Waals surface area contributed by atoms with Gasteiger partial charge < -0.3 is 15.8 Å². The van der Waals surface area contributed by atoms with E-state index in [1.165, 1.54) is 7.11 Å². The van der Waals surface area contributed by atoms with Gasteiger partial charge >= 0.3 is 6.03 Å². The third-order valence-corrected chi connectivity index (χ3v) is 2.87. The fraction of sp³-hybridized carbons (Fsp3) is 0.417. The Morgan fingerprint density at radius 1 is 1.65 bits per heavy atom. The van der Waals surface area contributed by atoms with E-state index in [4.69, 9.17) is 27.5 Å². The first kappa shape index (κ1) is 16.2. The highest BCUT2D eigenvalue weighted by Crippen LogP contribution is 2.12. The number of carbonyl (C=O) groups excluding carboxylic acids is 1. The number of hydrogen-bond donors (Lipinski definition) is 3. The fourth-order valence-electron chi connectivity index (χ4n) is 1.51. The first-order valence-corrected chi connectivity index (χ1v) is 6.41. The Balaban J connectivity index is 2.57. The maximum atomic E-state index is 11.9. The van der Waals surface area contributed by atoms with E-state index in [-0.39, 0.29) is 12.5 Å². The number of nitrogens with one attached hydrogen (secondary N) is 2. The largest absolute Gasteiger partial charge is 0.383 e. The fourth-order valence-corrected chi connectivity index (χ4v) is 1.72. The molecule has 0 saturated heterocycles. The van der Waals surface area contributed by atoms with Crippen molar-refractivity contribution in [3.8, 4) is 0 Å². The van der Waals surface area contributed by atoms with Crippen molar-refractivity contribution in [2.75, 3.05) is 26.8 Å². The van der Waals surface area contributed by atoms with Gasteiger partial charge in [0, 0.05) is 32.8 Å². The van der Waals surface area contributed by atoms with Gasteiger partial charge in [0.2, 0.25) is 0 Å². The topological polar surface area (TPSA) is 104 Å². The molecule has 0 aliphatic rings. The van der Waals surface area contributed by atoms with E-state index in [9.17, 15) is 4.79 Å². The average Bonchev–Trinajstić information content (AvgIpc) is 2.41. The molecule has 0 fully saturated rings. The molecule has 0 aliphatic heterocycles. The maximum Gasteiger partial charge on any atom is 0.324 e. The van der Waals surface area contributed by atoms with E-state index in [1.807, 2.05) is 0 Å². The second-order valence-corrected chi connectivity index (χ2v) is 4.35. The summed E-state index contributed by atoms with van der Waals surface area (Å²) in [5, 5.41) is 10.6. The Labute approximate surface area is 122 Å². The number of rotatable bonds is 6. The number of hydrogen-bond acceptors (Lipinski definition) is 4. The van der Waals surface area contributed by atoms with Crippen LogP contribution in [0.5, 0.6) is 0 Å². The number of halogens is 1. The van der Waals surface area contributed by atoms with Crippen LogP contribution in [0.15, 0.2) is 18.3 Å². The highest BCUT2D eigenvalue weighted by Gasteiger charge is 2.16. The van der Waals surface area contributed by atoms with Gasteiger partial charge in [-0.1, -0.05) is 11.6 Å². The summed E-state index contributed by atoms with van der Waals surface area (Å²) < 4.78 is 4.83. The van der Waals surface area contributed by atoms with Gasteiger partial charge in [0.1, 0.15) is 0 Å². The molecule has 1 heterocycles. The molecule has 0 atom stereocenters. The molecule has 110 valence electrons. The van der Waals surface area contributed by atoms with Gasteiger partial charge in [-0.2, -0.15) is 0 Å². The third-order valence-electron chi connectivity index (χ3n) is 2.53. The zero-order chi connectivity index (χ0) is 15.0. The molecular weight excluding hydrogens is 282 g/mol. The van der Waals surface area contributed by atoms with Crippen LogP contribution < -0.4 is 11.1 Å². The van der Waals surface area contributed by atoms with Gasteiger partial charge in [-0.05, 0) is 12.1 Å². The van der Waals surface area contributed by atoms with Crippen molar-refractivity contribution in [1.82, 2.24) is 15.2 Å². The van der Waals surface area contributed by atoms with Gasteiger partial charge in [-0.25, -0.2) is 4.79 Å². The zero-order valence-corrected chi connectivity index (χ0v) is 12.0. The molecule has 1 aromatic rings. The van der Waals surface area contributed by atoms with E-state index in [1.54, 1.807) is 18.3 Å². The Morgan fingerprint density at radius 2 is 2.40 bits per heavy atom. The van der Waals surface area contributed by atoms with Crippen molar-refractivity contribution in [2.45, 2.75) is 6.42 Å². The van der Waals surface area contributed by atoms with Crippen LogP contribution in [-0.4, -0.2) is 48.7 Å². The number of amides is 2. The van der Waals surface area contributed by atoms with E-state index in [0.717, 1.165) is 4.90 Å². The number of aromatic nitrogens is 1. The van der Waals surface area contributed by atoms with Crippen molar-refractivity contribution >= 4 is 23.6 Å². The van der Waals surface area contributed by atoms with Gasteiger partial charge in [0.25, 0.3) is 0 Å². The van der Waals surface area contributed by atoms with Crippen LogP contribution >= 0.6 is 11.6 Å². The molecule has 0 saturated carbocycles. The van der Waals surface area contributed by atoms with Crippen molar-refractivity contribution in [3.05, 3.63) is 29.0 Å². The number of nitrogens with two attached hydrogens (primary N) is 1. The number of carbonyl (C=O) groups is 1. The van der Waals surface area contributed by atoms with Crippen molar-refractivity contribution < 1.29 is 9.53 Å². The van der Waals surface area contributed by atoms with Crippen LogP contribution in [0.4, 0.5) is 4.79 Å². The molecule has 0 bridgehead atoms. The van der Waals surface area contributed by atoms with Crippen LogP contribution in [-0.2, 0) is 11.2 Å². The molecular formula is C12H18ClN5O2. The summed E-state index contributed by atoms with van der Waals surface area (Å²) in [6, 6.07) is 3.01. The number of methoxy groups -OCH3 is 1. The highest BCUT2D eigenvalue weighted by atomic mass is 35.5. The van der Waals surface area contributed by atoms with Gasteiger partial charge in [-0.15, -0.1) is 0 Å². The smallest absolute Gasteiger partial charge is 0.324 e. The molecule has 1 rings (SSSR count). The van der Waals surface area contributed by atoms with Crippen molar-refractivity contribution in [1.29, 1.82) is 5.41 Å². The highest BCUT2D eigenvalue weighted by molar-refractivity contribution is 6.31. The first-order valence-electron chi connectivity index (χ1n) is 6.04. The molecule has 0 spiro atoms. The third kappa shape index (κ3) is 5.02. The van der Waals surface area contributed by atoms with Crippen molar-refractivity contribution in [2.24, 2.45) is 5.73 Å². The second kappa shape index (κ2) is 8.34. The molecule has 0 aliphatic carbocycles. The molecule has 7 nitrogen and oxygen atoms in total. The molecule has 0 aromatic carbocycles. The molecule has 20 heavy (non-hydrogen) atoms. The van der Waals surface area contributed by atoms with Gasteiger partial charge in [0.05, 0.1) is 17.3 Å². The first-order chi connectivity index (χ1) is 9.56. The Kier molecular flexibility index (Phi) is 6.75. The average molecular weight is 300 g/mol. The van der Waals surface area contributed by atoms with Gasteiger partial charge in [-0.3, -0.25) is 15.3 Å². The lowest BCUT2D eigenvalue weighted by atomic mass is 10.2. The molecule has 8 heteroatoms. The summed E-state index contributed by atoms with van der Waals surface area (Å²) >= 11 is 5.99. The summed E-state index contributed by atoms with van der Waals surface area (Å²) in [6.45, 7) is 0.970. The number of ether oxygens (including phenoxy) is 1. The van der Waals surface area contributed by atoms with Crippen LogP contribution in [0.25, 0.3) is 0 Å². The lowest BCUT2D eigenvalue weighted by Crippen LogP contribution is -2.48. The number of pyridine rings is 1. The minimum absolute atomic E-state index is 0.227. The normalized spacial score (nSPS) is 10.1. The summed E-state index contributed by atoms with van der Waals surface area (Å²) in [7, 11) is 1.54. The molecule has 0 unspecified atom stereocenters. The van der Waals surface area contributed by atoms with Crippen LogP contribution in [0.1, 0.15) is 5.69 Å². The summed E-state index contributed by atoms with van der Waals surface area (Å²) in [5.41, 5.74) is 6.07. The van der Waals surface area contributed by atoms with Crippen molar-refractivity contribution in [3.63, 3.8) is 0 Å². The summed E-state index contributed by atoms with van der Waals surface area (Å²) in [5.74, 6) is -0.327. The maximum absolute atomic E-state index is 11.9. The van der Waals surface area contributed by atoms with E-state index in [2.05, 4.69) is 10.3 Å². The summed E-state index contributed by atoms with van der Waals surface area (Å²) in [6.07, 6.45) is 2.04. The SMILES string of the molecule is COCCNC(=O)N(CCc1ncccc1Cl)C(=N)N. The Bertz CT molecular complexity index is 469. The number of urea groups is 1. The lowest BCUT2D eigenvalue weighted by molar-refractivity contribution is 0.190. The van der Waals surface area contributed by atoms with E-state index < -0.39 is 6.03 Å². The van der Waals surface area contributed by atoms with E-state index in [0.29, 0.717) is 30.3 Å². The number of nitrogens with zero attached hydrogens (tertiary/aromatic N) is 2. The molecule has 2 amide bonds. The monoisotopic (exact) mass is 299 g/mol. The van der Waals surface area contributed by atoms with Crippen LogP contribution in [0.2, 0.25) is 5.02 Å². The quantitative estimate of drug-likeness (QED) is 0.411. The van der Waals surface area contributed by atoms with Crippen LogP contribution in [0, 0.1) is 5.41 Å².